The predicted octanol–water partition coefficient (Wildman–Crippen LogP) is 2.69. The molecule has 27 heavy (non-hydrogen) atoms. The minimum absolute atomic E-state index is 0.0758. The molecule has 0 aromatic heterocycles. The lowest BCUT2D eigenvalue weighted by Crippen LogP contribution is -2.67. The molecule has 3 atom stereocenters. The van der Waals surface area contributed by atoms with Crippen molar-refractivity contribution in [3.63, 3.8) is 0 Å². The second kappa shape index (κ2) is 8.25. The Bertz CT molecular complexity index is 675. The molecule has 1 aliphatic rings. The molecule has 1 N–H and O–H groups in total. The Labute approximate surface area is 163 Å². The highest BCUT2D eigenvalue weighted by atomic mass is 28.4. The largest absolute Gasteiger partial charge is 0.405 e. The van der Waals surface area contributed by atoms with E-state index in [1.54, 1.807) is 7.11 Å². The van der Waals surface area contributed by atoms with Gasteiger partial charge in [-0.15, -0.1) is 0 Å². The molecule has 4 nitrogen and oxygen atoms in total. The Morgan fingerprint density at radius 3 is 1.93 bits per heavy atom. The van der Waals surface area contributed by atoms with Crippen molar-refractivity contribution >= 4 is 18.7 Å². The average Bonchev–Trinajstić information content (AvgIpc) is 3.03. The van der Waals surface area contributed by atoms with Gasteiger partial charge in [0.1, 0.15) is 6.10 Å². The van der Waals surface area contributed by atoms with E-state index in [-0.39, 0.29) is 11.1 Å². The highest BCUT2D eigenvalue weighted by Gasteiger charge is 2.51. The molecule has 146 valence electrons. The van der Waals surface area contributed by atoms with E-state index < -0.39 is 20.7 Å². The molecule has 0 bridgehead atoms. The summed E-state index contributed by atoms with van der Waals surface area (Å²) < 4.78 is 17.9. The highest BCUT2D eigenvalue weighted by molar-refractivity contribution is 6.99. The maximum atomic E-state index is 10.1. The van der Waals surface area contributed by atoms with Gasteiger partial charge >= 0.3 is 0 Å². The van der Waals surface area contributed by atoms with Gasteiger partial charge in [0.15, 0.2) is 6.29 Å². The second-order valence-electron chi connectivity index (χ2n) is 8.14. The van der Waals surface area contributed by atoms with Crippen LogP contribution in [0.15, 0.2) is 60.7 Å². The first-order chi connectivity index (χ1) is 12.9. The van der Waals surface area contributed by atoms with Crippen LogP contribution >= 0.6 is 0 Å². The van der Waals surface area contributed by atoms with Gasteiger partial charge in [-0.25, -0.2) is 0 Å². The van der Waals surface area contributed by atoms with E-state index in [2.05, 4.69) is 69.3 Å². The first-order valence-electron chi connectivity index (χ1n) is 9.50. The summed E-state index contributed by atoms with van der Waals surface area (Å²) in [7, 11) is -1.02. The molecule has 0 saturated carbocycles. The molecule has 2 aromatic rings. The van der Waals surface area contributed by atoms with Crippen molar-refractivity contribution in [3.8, 4) is 0 Å². The molecule has 0 aliphatic carbocycles. The van der Waals surface area contributed by atoms with Crippen molar-refractivity contribution in [2.45, 2.75) is 50.7 Å². The highest BCUT2D eigenvalue weighted by Crippen LogP contribution is 2.37. The third-order valence-electron chi connectivity index (χ3n) is 5.28. The average molecular weight is 387 g/mol. The van der Waals surface area contributed by atoms with Gasteiger partial charge in [-0.3, -0.25) is 0 Å². The van der Waals surface area contributed by atoms with E-state index in [4.69, 9.17) is 13.9 Å². The van der Waals surface area contributed by atoms with Crippen LogP contribution in [0.1, 0.15) is 27.2 Å². The van der Waals surface area contributed by atoms with E-state index in [1.165, 1.54) is 10.4 Å². The van der Waals surface area contributed by atoms with Crippen LogP contribution in [0.5, 0.6) is 0 Å². The van der Waals surface area contributed by atoms with Crippen molar-refractivity contribution in [1.82, 2.24) is 0 Å². The summed E-state index contributed by atoms with van der Waals surface area (Å²) in [5.74, 6) is 0. The molecule has 1 heterocycles. The quantitative estimate of drug-likeness (QED) is 0.776. The van der Waals surface area contributed by atoms with Crippen LogP contribution in [0.3, 0.4) is 0 Å². The van der Waals surface area contributed by atoms with E-state index in [0.29, 0.717) is 13.0 Å². The molecular formula is C22H30O4Si. The lowest BCUT2D eigenvalue weighted by molar-refractivity contribution is -0.152. The fraction of sp³-hybridized carbons (Fsp3) is 0.455. The third kappa shape index (κ3) is 4.03. The van der Waals surface area contributed by atoms with Crippen LogP contribution in [0.4, 0.5) is 0 Å². The molecule has 1 unspecified atom stereocenters. The van der Waals surface area contributed by atoms with Crippen LogP contribution in [-0.2, 0) is 13.9 Å². The Kier molecular flexibility index (Phi) is 6.18. The molecule has 5 heteroatoms. The fourth-order valence-corrected chi connectivity index (χ4v) is 8.61. The molecule has 0 amide bonds. The summed E-state index contributed by atoms with van der Waals surface area (Å²) in [5.41, 5.74) is 0. The Morgan fingerprint density at radius 2 is 1.52 bits per heavy atom. The van der Waals surface area contributed by atoms with Crippen molar-refractivity contribution in [2.24, 2.45) is 0 Å². The van der Waals surface area contributed by atoms with Crippen molar-refractivity contribution in [3.05, 3.63) is 60.7 Å². The summed E-state index contributed by atoms with van der Waals surface area (Å²) in [6.45, 7) is 7.19. The van der Waals surface area contributed by atoms with Crippen molar-refractivity contribution < 1.29 is 19.0 Å². The predicted molar refractivity (Wildman–Crippen MR) is 110 cm³/mol. The molecule has 0 spiro atoms. The summed E-state index contributed by atoms with van der Waals surface area (Å²) >= 11 is 0. The zero-order valence-electron chi connectivity index (χ0n) is 16.6. The number of methoxy groups -OCH3 is 1. The monoisotopic (exact) mass is 386 g/mol. The Morgan fingerprint density at radius 1 is 1.00 bits per heavy atom. The van der Waals surface area contributed by atoms with Gasteiger partial charge in [0.05, 0.1) is 12.7 Å². The van der Waals surface area contributed by atoms with Crippen LogP contribution < -0.4 is 10.4 Å². The van der Waals surface area contributed by atoms with E-state index in [1.807, 2.05) is 12.1 Å². The van der Waals surface area contributed by atoms with Gasteiger partial charge in [0.25, 0.3) is 8.32 Å². The first-order valence-corrected chi connectivity index (χ1v) is 11.4. The fourth-order valence-electron chi connectivity index (χ4n) is 4.02. The summed E-state index contributed by atoms with van der Waals surface area (Å²) in [6, 6.07) is 21.1. The zero-order valence-corrected chi connectivity index (χ0v) is 17.6. The van der Waals surface area contributed by atoms with Crippen LogP contribution in [0.2, 0.25) is 5.04 Å². The van der Waals surface area contributed by atoms with Gasteiger partial charge in [-0.2, -0.15) is 0 Å². The Hall–Kier alpha value is -1.50. The number of hydrogen-bond donors (Lipinski definition) is 1. The molecule has 1 aliphatic heterocycles. The Balaban J connectivity index is 1.97. The number of aliphatic hydroxyl groups excluding tert-OH is 1. The van der Waals surface area contributed by atoms with Crippen LogP contribution in [0.25, 0.3) is 0 Å². The summed E-state index contributed by atoms with van der Waals surface area (Å²) in [4.78, 5) is 0. The number of ether oxygens (including phenoxy) is 2. The SMILES string of the molecule is COC1O[C@H](CO[Si](c2ccccc2)(c2ccccc2)C(C)(C)C)C[C@H]1O. The minimum atomic E-state index is -2.57. The topological polar surface area (TPSA) is 47.9 Å². The van der Waals surface area contributed by atoms with E-state index in [0.717, 1.165) is 0 Å². The van der Waals surface area contributed by atoms with E-state index >= 15 is 0 Å². The van der Waals surface area contributed by atoms with E-state index in [9.17, 15) is 5.11 Å². The zero-order chi connectivity index (χ0) is 19.5. The van der Waals surface area contributed by atoms with Gasteiger partial charge in [-0.1, -0.05) is 81.4 Å². The van der Waals surface area contributed by atoms with Crippen molar-refractivity contribution in [2.75, 3.05) is 13.7 Å². The third-order valence-corrected chi connectivity index (χ3v) is 10.3. The lowest BCUT2D eigenvalue weighted by Gasteiger charge is -2.43. The standard InChI is InChI=1S/C22H30O4Si/c1-22(2,3)27(18-11-7-5-8-12-18,19-13-9-6-10-14-19)25-16-17-15-20(23)21(24-4)26-17/h5-14,17,20-21,23H,15-16H2,1-4H3/t17-,20+,21?/m0/s1. The normalized spacial score (nSPS) is 23.5. The maximum absolute atomic E-state index is 10.1. The molecular weight excluding hydrogens is 356 g/mol. The second-order valence-corrected chi connectivity index (χ2v) is 12.4. The van der Waals surface area contributed by atoms with Gasteiger partial charge in [0, 0.05) is 13.5 Å². The molecule has 2 aromatic carbocycles. The number of hydrogen-bond acceptors (Lipinski definition) is 4. The number of aliphatic hydroxyl groups is 1. The lowest BCUT2D eigenvalue weighted by atomic mass is 10.2. The van der Waals surface area contributed by atoms with Crippen LogP contribution in [0, 0.1) is 0 Å². The summed E-state index contributed by atoms with van der Waals surface area (Å²) in [5, 5.41) is 12.5. The molecule has 3 rings (SSSR count). The minimum Gasteiger partial charge on any atom is -0.405 e. The van der Waals surface area contributed by atoms with Gasteiger partial charge in [-0.05, 0) is 15.4 Å². The summed E-state index contributed by atoms with van der Waals surface area (Å²) in [6.07, 6.45) is -0.830. The van der Waals surface area contributed by atoms with Crippen molar-refractivity contribution in [1.29, 1.82) is 0 Å². The number of benzene rings is 2. The number of rotatable bonds is 6. The van der Waals surface area contributed by atoms with Gasteiger partial charge < -0.3 is 19.0 Å². The molecule has 1 fully saturated rings. The van der Waals surface area contributed by atoms with Crippen LogP contribution in [-0.4, -0.2) is 45.6 Å². The molecule has 1 saturated heterocycles. The van der Waals surface area contributed by atoms with Gasteiger partial charge in [0.2, 0.25) is 0 Å². The smallest absolute Gasteiger partial charge is 0.261 e. The molecule has 0 radical (unpaired) electrons. The first kappa shape index (κ1) is 20.2. The maximum Gasteiger partial charge on any atom is 0.261 e.